The molecule has 1 aliphatic rings. The Bertz CT molecular complexity index is 265. The number of rotatable bonds is 3. The van der Waals surface area contributed by atoms with Gasteiger partial charge in [0.25, 0.3) is 0 Å². The highest BCUT2D eigenvalue weighted by molar-refractivity contribution is 5.82. The first-order chi connectivity index (χ1) is 6.15. The summed E-state index contributed by atoms with van der Waals surface area (Å²) in [5.74, 6) is -0.235. The van der Waals surface area contributed by atoms with Crippen LogP contribution in [-0.2, 0) is 14.3 Å². The second-order valence-electron chi connectivity index (χ2n) is 2.75. The molecule has 0 saturated carbocycles. The third-order valence-corrected chi connectivity index (χ3v) is 1.77. The Labute approximate surface area is 77.3 Å². The Balaban J connectivity index is 2.52. The molecule has 1 atom stereocenters. The summed E-state index contributed by atoms with van der Waals surface area (Å²) in [5.41, 5.74) is 0.891. The van der Waals surface area contributed by atoms with Gasteiger partial charge in [-0.05, 0) is 12.0 Å². The fourth-order valence-electron chi connectivity index (χ4n) is 1.10. The van der Waals surface area contributed by atoms with E-state index in [0.717, 1.165) is 18.1 Å². The van der Waals surface area contributed by atoms with E-state index in [1.165, 1.54) is 0 Å². The molecule has 3 heteroatoms. The molecule has 1 rings (SSSR count). The highest BCUT2D eigenvalue weighted by atomic mass is 16.6. The third kappa shape index (κ3) is 2.29. The van der Waals surface area contributed by atoms with Gasteiger partial charge >= 0.3 is 5.97 Å². The molecule has 1 unspecified atom stereocenters. The van der Waals surface area contributed by atoms with Crippen molar-refractivity contribution in [3.05, 3.63) is 37.1 Å². The molecule has 0 radical (unpaired) electrons. The Morgan fingerprint density at radius 2 is 2.38 bits per heavy atom. The first-order valence-electron chi connectivity index (χ1n) is 3.97. The van der Waals surface area contributed by atoms with Crippen LogP contribution in [0.1, 0.15) is 6.42 Å². The highest BCUT2D eigenvalue weighted by Crippen LogP contribution is 2.24. The van der Waals surface area contributed by atoms with Crippen molar-refractivity contribution >= 4 is 5.97 Å². The summed E-state index contributed by atoms with van der Waals surface area (Å²) in [6, 6.07) is 0. The lowest BCUT2D eigenvalue weighted by Gasteiger charge is -2.12. The second kappa shape index (κ2) is 4.05. The maximum absolute atomic E-state index is 10.8. The van der Waals surface area contributed by atoms with E-state index in [2.05, 4.69) is 19.7 Å². The summed E-state index contributed by atoms with van der Waals surface area (Å²) < 4.78 is 10.1. The Kier molecular flexibility index (Phi) is 3.03. The molecular formula is C10H12O3. The van der Waals surface area contributed by atoms with Gasteiger partial charge in [0, 0.05) is 6.08 Å². The smallest absolute Gasteiger partial charge is 0.335 e. The van der Waals surface area contributed by atoms with E-state index in [1.807, 2.05) is 0 Å². The molecule has 0 aromatic carbocycles. The van der Waals surface area contributed by atoms with E-state index >= 15 is 0 Å². The lowest BCUT2D eigenvalue weighted by molar-refractivity contribution is -0.135. The van der Waals surface area contributed by atoms with Crippen molar-refractivity contribution in [1.29, 1.82) is 0 Å². The molecule has 13 heavy (non-hydrogen) atoms. The lowest BCUT2D eigenvalue weighted by atomic mass is 10.1. The number of ether oxygens (including phenoxy) is 2. The van der Waals surface area contributed by atoms with Gasteiger partial charge < -0.3 is 9.47 Å². The molecule has 0 aromatic rings. The van der Waals surface area contributed by atoms with E-state index in [-0.39, 0.29) is 11.9 Å². The lowest BCUT2D eigenvalue weighted by Crippen LogP contribution is -2.14. The fraction of sp³-hybridized carbons (Fsp3) is 0.300. The van der Waals surface area contributed by atoms with Crippen LogP contribution >= 0.6 is 0 Å². The molecule has 1 fully saturated rings. The van der Waals surface area contributed by atoms with Crippen molar-refractivity contribution < 1.29 is 14.3 Å². The quantitative estimate of drug-likeness (QED) is 0.286. The van der Waals surface area contributed by atoms with Crippen LogP contribution in [0.5, 0.6) is 0 Å². The zero-order valence-corrected chi connectivity index (χ0v) is 7.41. The van der Waals surface area contributed by atoms with Crippen LogP contribution in [0.2, 0.25) is 0 Å². The monoisotopic (exact) mass is 180 g/mol. The minimum atomic E-state index is -0.520. The third-order valence-electron chi connectivity index (χ3n) is 1.77. The SMILES string of the molecule is C=CC(=O)OC(=C)C1OCCC1=C. The highest BCUT2D eigenvalue weighted by Gasteiger charge is 2.24. The first kappa shape index (κ1) is 9.74. The van der Waals surface area contributed by atoms with Gasteiger partial charge in [-0.3, -0.25) is 0 Å². The summed E-state index contributed by atoms with van der Waals surface area (Å²) in [6.07, 6.45) is 1.53. The molecule has 0 bridgehead atoms. The molecule has 1 heterocycles. The topological polar surface area (TPSA) is 35.5 Å². The van der Waals surface area contributed by atoms with E-state index in [9.17, 15) is 4.79 Å². The van der Waals surface area contributed by atoms with Crippen LogP contribution in [0.15, 0.2) is 37.1 Å². The number of hydrogen-bond acceptors (Lipinski definition) is 3. The van der Waals surface area contributed by atoms with Gasteiger partial charge in [-0.15, -0.1) is 0 Å². The summed E-state index contributed by atoms with van der Waals surface area (Å²) in [7, 11) is 0. The molecule has 0 aliphatic carbocycles. The predicted octanol–water partition coefficient (Wildman–Crippen LogP) is 1.57. The molecule has 0 aromatic heterocycles. The van der Waals surface area contributed by atoms with Gasteiger partial charge in [0.1, 0.15) is 11.9 Å². The Hall–Kier alpha value is -1.35. The van der Waals surface area contributed by atoms with Crippen molar-refractivity contribution in [2.75, 3.05) is 6.61 Å². The zero-order chi connectivity index (χ0) is 9.84. The molecule has 1 aliphatic heterocycles. The van der Waals surface area contributed by atoms with E-state index in [0.29, 0.717) is 6.61 Å². The maximum Gasteiger partial charge on any atom is 0.335 e. The van der Waals surface area contributed by atoms with Crippen molar-refractivity contribution in [3.8, 4) is 0 Å². The fourth-order valence-corrected chi connectivity index (χ4v) is 1.10. The number of esters is 1. The summed E-state index contributed by atoms with van der Waals surface area (Å²) >= 11 is 0. The van der Waals surface area contributed by atoms with Gasteiger partial charge in [-0.2, -0.15) is 0 Å². The maximum atomic E-state index is 10.8. The summed E-state index contributed by atoms with van der Waals surface area (Å²) in [5, 5.41) is 0. The molecule has 0 N–H and O–H groups in total. The molecule has 70 valence electrons. The Morgan fingerprint density at radius 3 is 2.85 bits per heavy atom. The van der Waals surface area contributed by atoms with E-state index < -0.39 is 5.97 Å². The number of carbonyl (C=O) groups is 1. The normalized spacial score (nSPS) is 21.2. The minimum Gasteiger partial charge on any atom is -0.425 e. The van der Waals surface area contributed by atoms with Crippen molar-refractivity contribution in [1.82, 2.24) is 0 Å². The number of carbonyl (C=O) groups excluding carboxylic acids is 1. The summed E-state index contributed by atoms with van der Waals surface area (Å²) in [4.78, 5) is 10.8. The van der Waals surface area contributed by atoms with Gasteiger partial charge in [0.05, 0.1) is 6.61 Å². The van der Waals surface area contributed by atoms with Crippen LogP contribution in [0.3, 0.4) is 0 Å². The molecule has 3 nitrogen and oxygen atoms in total. The standard InChI is InChI=1S/C10H12O3/c1-4-9(11)13-8(3)10-7(2)5-6-12-10/h4,10H,1-3,5-6H2. The summed E-state index contributed by atoms with van der Waals surface area (Å²) in [6.45, 7) is 11.3. The first-order valence-corrected chi connectivity index (χ1v) is 3.97. The van der Waals surface area contributed by atoms with Crippen molar-refractivity contribution in [3.63, 3.8) is 0 Å². The molecular weight excluding hydrogens is 168 g/mol. The van der Waals surface area contributed by atoms with Gasteiger partial charge in [-0.1, -0.05) is 19.7 Å². The molecule has 0 spiro atoms. The molecule has 1 saturated heterocycles. The minimum absolute atomic E-state index is 0.285. The largest absolute Gasteiger partial charge is 0.425 e. The van der Waals surface area contributed by atoms with Gasteiger partial charge in [0.15, 0.2) is 0 Å². The molecule has 0 amide bonds. The van der Waals surface area contributed by atoms with E-state index in [4.69, 9.17) is 9.47 Å². The average molecular weight is 180 g/mol. The van der Waals surface area contributed by atoms with Crippen LogP contribution in [0.4, 0.5) is 0 Å². The van der Waals surface area contributed by atoms with Crippen LogP contribution in [-0.4, -0.2) is 18.7 Å². The van der Waals surface area contributed by atoms with Crippen LogP contribution in [0.25, 0.3) is 0 Å². The van der Waals surface area contributed by atoms with Gasteiger partial charge in [-0.25, -0.2) is 4.79 Å². The average Bonchev–Trinajstić information content (AvgIpc) is 2.51. The number of hydrogen-bond donors (Lipinski definition) is 0. The van der Waals surface area contributed by atoms with Crippen LogP contribution in [0, 0.1) is 0 Å². The van der Waals surface area contributed by atoms with Crippen molar-refractivity contribution in [2.45, 2.75) is 12.5 Å². The van der Waals surface area contributed by atoms with Crippen LogP contribution < -0.4 is 0 Å². The Morgan fingerprint density at radius 1 is 1.69 bits per heavy atom. The second-order valence-corrected chi connectivity index (χ2v) is 2.75. The van der Waals surface area contributed by atoms with Crippen molar-refractivity contribution in [2.24, 2.45) is 0 Å². The predicted molar refractivity (Wildman–Crippen MR) is 48.9 cm³/mol. The van der Waals surface area contributed by atoms with Gasteiger partial charge in [0.2, 0.25) is 0 Å². The zero-order valence-electron chi connectivity index (χ0n) is 7.41. The van der Waals surface area contributed by atoms with E-state index in [1.54, 1.807) is 0 Å².